The summed E-state index contributed by atoms with van der Waals surface area (Å²) in [6, 6.07) is 4.15. The number of hydrogen-bond donors (Lipinski definition) is 2. The number of benzene rings is 1. The van der Waals surface area contributed by atoms with Crippen LogP contribution in [0.3, 0.4) is 0 Å². The quantitative estimate of drug-likeness (QED) is 0.756. The average Bonchev–Trinajstić information content (AvgIpc) is 2.37. The van der Waals surface area contributed by atoms with Gasteiger partial charge in [-0.15, -0.1) is 0 Å². The van der Waals surface area contributed by atoms with Gasteiger partial charge in [0, 0.05) is 12.1 Å². The van der Waals surface area contributed by atoms with Crippen LogP contribution < -0.4 is 10.1 Å². The van der Waals surface area contributed by atoms with Gasteiger partial charge in [-0.25, -0.2) is 9.18 Å². The lowest BCUT2D eigenvalue weighted by molar-refractivity contribution is -0.131. The number of rotatable bonds is 7. The average molecular weight is 295 g/mol. The van der Waals surface area contributed by atoms with Gasteiger partial charge < -0.3 is 15.2 Å². The van der Waals surface area contributed by atoms with Gasteiger partial charge in [0.1, 0.15) is 0 Å². The van der Waals surface area contributed by atoms with Gasteiger partial charge in [-0.1, -0.05) is 6.07 Å². The summed E-state index contributed by atoms with van der Waals surface area (Å²) in [5.41, 5.74) is 0.416. The standard InChI is InChI=1S/C15H18FNO4/c1-10(2)17-14(18)7-8-21-13-5-3-11(9-12(13)16)4-6-15(19)20/h3-6,9-10H,7-8H2,1-2H3,(H,17,18)(H,19,20)/b6-4+. The maximum Gasteiger partial charge on any atom is 0.328 e. The molecule has 114 valence electrons. The van der Waals surface area contributed by atoms with E-state index in [-0.39, 0.29) is 30.7 Å². The maximum atomic E-state index is 13.7. The number of carbonyl (C=O) groups excluding carboxylic acids is 1. The summed E-state index contributed by atoms with van der Waals surface area (Å²) < 4.78 is 18.9. The molecule has 0 aliphatic heterocycles. The van der Waals surface area contributed by atoms with E-state index in [0.29, 0.717) is 5.56 Å². The lowest BCUT2D eigenvalue weighted by atomic mass is 10.2. The van der Waals surface area contributed by atoms with Gasteiger partial charge in [-0.3, -0.25) is 4.79 Å². The van der Waals surface area contributed by atoms with E-state index < -0.39 is 11.8 Å². The van der Waals surface area contributed by atoms with Crippen molar-refractivity contribution in [2.75, 3.05) is 6.61 Å². The van der Waals surface area contributed by atoms with Gasteiger partial charge >= 0.3 is 5.97 Å². The molecular weight excluding hydrogens is 277 g/mol. The number of carboxylic acids is 1. The van der Waals surface area contributed by atoms with Crippen LogP contribution in [0, 0.1) is 5.82 Å². The molecule has 0 spiro atoms. The highest BCUT2D eigenvalue weighted by Crippen LogP contribution is 2.19. The van der Waals surface area contributed by atoms with Crippen LogP contribution in [-0.2, 0) is 9.59 Å². The Kier molecular flexibility index (Phi) is 6.39. The predicted octanol–water partition coefficient (Wildman–Crippen LogP) is 2.22. The third-order valence-electron chi connectivity index (χ3n) is 2.41. The van der Waals surface area contributed by atoms with Crippen molar-refractivity contribution in [3.05, 3.63) is 35.7 Å². The first-order valence-corrected chi connectivity index (χ1v) is 6.51. The van der Waals surface area contributed by atoms with Crippen molar-refractivity contribution in [3.63, 3.8) is 0 Å². The molecule has 0 saturated heterocycles. The Morgan fingerprint density at radius 1 is 1.43 bits per heavy atom. The van der Waals surface area contributed by atoms with Gasteiger partial charge in [0.2, 0.25) is 5.91 Å². The van der Waals surface area contributed by atoms with Gasteiger partial charge in [0.05, 0.1) is 13.0 Å². The van der Waals surface area contributed by atoms with Gasteiger partial charge in [0.25, 0.3) is 0 Å². The molecule has 0 fully saturated rings. The summed E-state index contributed by atoms with van der Waals surface area (Å²) in [6.07, 6.45) is 2.34. The Morgan fingerprint density at radius 3 is 2.71 bits per heavy atom. The van der Waals surface area contributed by atoms with Crippen molar-refractivity contribution in [2.24, 2.45) is 0 Å². The third-order valence-corrected chi connectivity index (χ3v) is 2.41. The number of halogens is 1. The van der Waals surface area contributed by atoms with Crippen LogP contribution in [0.15, 0.2) is 24.3 Å². The fourth-order valence-electron chi connectivity index (χ4n) is 1.55. The van der Waals surface area contributed by atoms with E-state index in [0.717, 1.165) is 6.08 Å². The third kappa shape index (κ3) is 6.56. The molecule has 0 bridgehead atoms. The van der Waals surface area contributed by atoms with Crippen molar-refractivity contribution in [1.82, 2.24) is 5.32 Å². The molecule has 0 atom stereocenters. The number of aliphatic carboxylic acids is 1. The summed E-state index contributed by atoms with van der Waals surface area (Å²) in [4.78, 5) is 21.7. The molecular formula is C15H18FNO4. The molecule has 1 aromatic rings. The van der Waals surface area contributed by atoms with E-state index >= 15 is 0 Å². The van der Waals surface area contributed by atoms with Crippen LogP contribution in [0.2, 0.25) is 0 Å². The highest BCUT2D eigenvalue weighted by Gasteiger charge is 2.07. The van der Waals surface area contributed by atoms with E-state index in [1.807, 2.05) is 13.8 Å². The summed E-state index contributed by atoms with van der Waals surface area (Å²) in [6.45, 7) is 3.77. The molecule has 0 aliphatic rings. The predicted molar refractivity (Wildman–Crippen MR) is 76.5 cm³/mol. The Balaban J connectivity index is 2.53. The molecule has 0 unspecified atom stereocenters. The number of nitrogens with one attached hydrogen (secondary N) is 1. The number of carbonyl (C=O) groups is 2. The molecule has 0 aliphatic carbocycles. The second-order valence-electron chi connectivity index (χ2n) is 4.68. The fourth-order valence-corrected chi connectivity index (χ4v) is 1.55. The highest BCUT2D eigenvalue weighted by molar-refractivity contribution is 5.85. The van der Waals surface area contributed by atoms with E-state index in [4.69, 9.17) is 9.84 Å². The lowest BCUT2D eigenvalue weighted by Gasteiger charge is -2.10. The number of ether oxygens (including phenoxy) is 1. The number of hydrogen-bond acceptors (Lipinski definition) is 3. The Morgan fingerprint density at radius 2 is 2.14 bits per heavy atom. The fraction of sp³-hybridized carbons (Fsp3) is 0.333. The zero-order valence-electron chi connectivity index (χ0n) is 11.9. The molecule has 0 saturated carbocycles. The van der Waals surface area contributed by atoms with Gasteiger partial charge in [-0.05, 0) is 37.6 Å². The highest BCUT2D eigenvalue weighted by atomic mass is 19.1. The van der Waals surface area contributed by atoms with E-state index in [2.05, 4.69) is 5.32 Å². The second-order valence-corrected chi connectivity index (χ2v) is 4.68. The van der Waals surface area contributed by atoms with Crippen LogP contribution in [-0.4, -0.2) is 29.6 Å². The molecule has 5 nitrogen and oxygen atoms in total. The second kappa shape index (κ2) is 8.04. The van der Waals surface area contributed by atoms with Crippen molar-refractivity contribution in [3.8, 4) is 5.75 Å². The summed E-state index contributed by atoms with van der Waals surface area (Å²) >= 11 is 0. The first-order valence-electron chi connectivity index (χ1n) is 6.51. The van der Waals surface area contributed by atoms with Crippen LogP contribution in [0.1, 0.15) is 25.8 Å². The zero-order chi connectivity index (χ0) is 15.8. The molecule has 0 heterocycles. The molecule has 2 N–H and O–H groups in total. The maximum absolute atomic E-state index is 13.7. The van der Waals surface area contributed by atoms with E-state index in [1.54, 1.807) is 0 Å². The van der Waals surface area contributed by atoms with Crippen molar-refractivity contribution in [2.45, 2.75) is 26.3 Å². The topological polar surface area (TPSA) is 75.6 Å². The van der Waals surface area contributed by atoms with E-state index in [9.17, 15) is 14.0 Å². The number of carboxylic acid groups (broad SMARTS) is 1. The summed E-state index contributed by atoms with van der Waals surface area (Å²) in [7, 11) is 0. The molecule has 0 aromatic heterocycles. The minimum absolute atomic E-state index is 0.0276. The molecule has 21 heavy (non-hydrogen) atoms. The zero-order valence-corrected chi connectivity index (χ0v) is 11.9. The first kappa shape index (κ1) is 16.7. The van der Waals surface area contributed by atoms with Gasteiger partial charge in [0.15, 0.2) is 11.6 Å². The van der Waals surface area contributed by atoms with Crippen molar-refractivity contribution < 1.29 is 23.8 Å². The first-order chi connectivity index (χ1) is 9.88. The van der Waals surface area contributed by atoms with Crippen LogP contribution in [0.25, 0.3) is 6.08 Å². The Bertz CT molecular complexity index is 540. The van der Waals surface area contributed by atoms with E-state index in [1.165, 1.54) is 24.3 Å². The Labute approximate surface area is 122 Å². The lowest BCUT2D eigenvalue weighted by Crippen LogP contribution is -2.31. The van der Waals surface area contributed by atoms with Crippen LogP contribution in [0.5, 0.6) is 5.75 Å². The minimum atomic E-state index is -1.10. The normalized spacial score (nSPS) is 10.9. The number of amides is 1. The smallest absolute Gasteiger partial charge is 0.328 e. The molecule has 0 radical (unpaired) electrons. The molecule has 6 heteroatoms. The van der Waals surface area contributed by atoms with Crippen molar-refractivity contribution >= 4 is 18.0 Å². The SMILES string of the molecule is CC(C)NC(=O)CCOc1ccc(/C=C/C(=O)O)cc1F. The van der Waals surface area contributed by atoms with Crippen molar-refractivity contribution in [1.29, 1.82) is 0 Å². The molecule has 1 rings (SSSR count). The largest absolute Gasteiger partial charge is 0.490 e. The summed E-state index contributed by atoms with van der Waals surface area (Å²) in [5.74, 6) is -1.84. The Hall–Kier alpha value is -2.37. The molecule has 1 amide bonds. The summed E-state index contributed by atoms with van der Waals surface area (Å²) in [5, 5.41) is 11.2. The van der Waals surface area contributed by atoms with Crippen LogP contribution >= 0.6 is 0 Å². The van der Waals surface area contributed by atoms with Crippen LogP contribution in [0.4, 0.5) is 4.39 Å². The van der Waals surface area contributed by atoms with Gasteiger partial charge in [-0.2, -0.15) is 0 Å². The molecule has 1 aromatic carbocycles. The monoisotopic (exact) mass is 295 g/mol. The minimum Gasteiger partial charge on any atom is -0.490 e.